The van der Waals surface area contributed by atoms with Crippen LogP contribution in [0, 0.1) is 0 Å². The first-order valence-electron chi connectivity index (χ1n) is 10.2. The third-order valence-corrected chi connectivity index (χ3v) is 6.35. The molecule has 0 saturated carbocycles. The van der Waals surface area contributed by atoms with Crippen LogP contribution in [0.3, 0.4) is 0 Å². The SMILES string of the molecule is COc1ccc(CNC(=O)CN2CCC(COc3ccc(Cl)c(Cl)c3)(OC)CC2)cc1. The van der Waals surface area contributed by atoms with Crippen molar-refractivity contribution in [3.05, 3.63) is 58.1 Å². The first-order chi connectivity index (χ1) is 14.9. The average Bonchev–Trinajstić information content (AvgIpc) is 2.80. The van der Waals surface area contributed by atoms with Gasteiger partial charge < -0.3 is 19.5 Å². The van der Waals surface area contributed by atoms with Crippen molar-refractivity contribution in [3.63, 3.8) is 0 Å². The number of hydrogen-bond donors (Lipinski definition) is 1. The molecule has 2 aromatic rings. The Morgan fingerprint density at radius 1 is 1.03 bits per heavy atom. The van der Waals surface area contributed by atoms with Gasteiger partial charge in [0.05, 0.1) is 23.7 Å². The fourth-order valence-corrected chi connectivity index (χ4v) is 3.80. The van der Waals surface area contributed by atoms with Gasteiger partial charge in [0.2, 0.25) is 5.91 Å². The number of nitrogens with one attached hydrogen (secondary N) is 1. The second-order valence-electron chi connectivity index (χ2n) is 7.65. The zero-order valence-electron chi connectivity index (χ0n) is 17.8. The number of hydrogen-bond acceptors (Lipinski definition) is 5. The molecule has 1 saturated heterocycles. The Labute approximate surface area is 193 Å². The van der Waals surface area contributed by atoms with E-state index >= 15 is 0 Å². The van der Waals surface area contributed by atoms with E-state index in [9.17, 15) is 4.79 Å². The summed E-state index contributed by atoms with van der Waals surface area (Å²) in [6.07, 6.45) is 1.55. The van der Waals surface area contributed by atoms with E-state index in [1.165, 1.54) is 0 Å². The van der Waals surface area contributed by atoms with Crippen molar-refractivity contribution in [3.8, 4) is 11.5 Å². The van der Waals surface area contributed by atoms with Crippen LogP contribution in [0.2, 0.25) is 10.0 Å². The number of methoxy groups -OCH3 is 2. The van der Waals surface area contributed by atoms with Crippen LogP contribution >= 0.6 is 23.2 Å². The molecule has 8 heteroatoms. The monoisotopic (exact) mass is 466 g/mol. The number of amides is 1. The number of piperidine rings is 1. The third-order valence-electron chi connectivity index (χ3n) is 5.61. The number of halogens is 2. The summed E-state index contributed by atoms with van der Waals surface area (Å²) in [4.78, 5) is 14.5. The molecular weight excluding hydrogens is 439 g/mol. The van der Waals surface area contributed by atoms with E-state index in [0.29, 0.717) is 35.5 Å². The minimum Gasteiger partial charge on any atom is -0.497 e. The van der Waals surface area contributed by atoms with Gasteiger partial charge >= 0.3 is 0 Å². The van der Waals surface area contributed by atoms with Gasteiger partial charge in [-0.15, -0.1) is 0 Å². The summed E-state index contributed by atoms with van der Waals surface area (Å²) in [6, 6.07) is 12.9. The van der Waals surface area contributed by atoms with E-state index in [0.717, 1.165) is 37.2 Å². The lowest BCUT2D eigenvalue weighted by Crippen LogP contribution is -2.51. The molecule has 1 aliphatic rings. The summed E-state index contributed by atoms with van der Waals surface area (Å²) in [7, 11) is 3.34. The second kappa shape index (κ2) is 11.0. The lowest BCUT2D eigenvalue weighted by atomic mass is 9.92. The lowest BCUT2D eigenvalue weighted by Gasteiger charge is -2.40. The molecule has 0 spiro atoms. The van der Waals surface area contributed by atoms with Crippen LogP contribution in [0.4, 0.5) is 0 Å². The highest BCUT2D eigenvalue weighted by Gasteiger charge is 2.36. The number of carbonyl (C=O) groups is 1. The molecule has 1 amide bonds. The summed E-state index contributed by atoms with van der Waals surface area (Å²) in [6.45, 7) is 2.79. The van der Waals surface area contributed by atoms with E-state index < -0.39 is 0 Å². The normalized spacial score (nSPS) is 16.0. The van der Waals surface area contributed by atoms with Gasteiger partial charge in [-0.2, -0.15) is 0 Å². The lowest BCUT2D eigenvalue weighted by molar-refractivity contribution is -0.125. The second-order valence-corrected chi connectivity index (χ2v) is 8.47. The predicted octanol–water partition coefficient (Wildman–Crippen LogP) is 4.18. The van der Waals surface area contributed by atoms with E-state index in [2.05, 4.69) is 10.2 Å². The maximum atomic E-state index is 12.4. The quantitative estimate of drug-likeness (QED) is 0.600. The molecule has 31 heavy (non-hydrogen) atoms. The Balaban J connectivity index is 1.43. The van der Waals surface area contributed by atoms with Crippen LogP contribution in [0.15, 0.2) is 42.5 Å². The van der Waals surface area contributed by atoms with Gasteiger partial charge in [-0.3, -0.25) is 9.69 Å². The van der Waals surface area contributed by atoms with Crippen LogP contribution in [-0.2, 0) is 16.1 Å². The number of carbonyl (C=O) groups excluding carboxylic acids is 1. The zero-order chi connectivity index (χ0) is 22.3. The Morgan fingerprint density at radius 3 is 2.32 bits per heavy atom. The van der Waals surface area contributed by atoms with Gasteiger partial charge in [-0.05, 0) is 42.7 Å². The highest BCUT2D eigenvalue weighted by atomic mass is 35.5. The van der Waals surface area contributed by atoms with Crippen molar-refractivity contribution >= 4 is 29.1 Å². The van der Waals surface area contributed by atoms with Crippen molar-refractivity contribution in [2.75, 3.05) is 40.5 Å². The highest BCUT2D eigenvalue weighted by molar-refractivity contribution is 6.42. The Kier molecular flexibility index (Phi) is 8.43. The number of ether oxygens (including phenoxy) is 3. The van der Waals surface area contributed by atoms with Crippen molar-refractivity contribution in [1.82, 2.24) is 10.2 Å². The highest BCUT2D eigenvalue weighted by Crippen LogP contribution is 2.30. The van der Waals surface area contributed by atoms with E-state index in [4.69, 9.17) is 37.4 Å². The minimum absolute atomic E-state index is 0.00721. The summed E-state index contributed by atoms with van der Waals surface area (Å²) >= 11 is 12.0. The predicted molar refractivity (Wildman–Crippen MR) is 122 cm³/mol. The molecule has 1 N–H and O–H groups in total. The molecule has 0 aromatic heterocycles. The fraction of sp³-hybridized carbons (Fsp3) is 0.435. The topological polar surface area (TPSA) is 60.0 Å². The first-order valence-corrected chi connectivity index (χ1v) is 10.9. The van der Waals surface area contributed by atoms with Crippen LogP contribution in [0.1, 0.15) is 18.4 Å². The largest absolute Gasteiger partial charge is 0.497 e. The van der Waals surface area contributed by atoms with Crippen molar-refractivity contribution < 1.29 is 19.0 Å². The van der Waals surface area contributed by atoms with Gasteiger partial charge in [0.1, 0.15) is 23.7 Å². The van der Waals surface area contributed by atoms with Crippen LogP contribution in [0.25, 0.3) is 0 Å². The summed E-state index contributed by atoms with van der Waals surface area (Å²) in [5.74, 6) is 1.46. The minimum atomic E-state index is -0.387. The summed E-state index contributed by atoms with van der Waals surface area (Å²) < 4.78 is 16.9. The molecule has 0 radical (unpaired) electrons. The molecule has 1 fully saturated rings. The Morgan fingerprint density at radius 2 is 1.71 bits per heavy atom. The van der Waals surface area contributed by atoms with Crippen molar-refractivity contribution in [2.24, 2.45) is 0 Å². The van der Waals surface area contributed by atoms with Crippen molar-refractivity contribution in [2.45, 2.75) is 25.0 Å². The molecule has 168 valence electrons. The van der Waals surface area contributed by atoms with Gasteiger partial charge in [0.15, 0.2) is 0 Å². The van der Waals surface area contributed by atoms with E-state index in [1.54, 1.807) is 32.4 Å². The Bertz CT molecular complexity index is 868. The van der Waals surface area contributed by atoms with Crippen LogP contribution in [0.5, 0.6) is 11.5 Å². The molecule has 0 bridgehead atoms. The molecule has 0 unspecified atom stereocenters. The molecule has 6 nitrogen and oxygen atoms in total. The molecule has 1 heterocycles. The van der Waals surface area contributed by atoms with E-state index in [1.807, 2.05) is 24.3 Å². The third kappa shape index (κ3) is 6.74. The molecular formula is C23H28Cl2N2O4. The smallest absolute Gasteiger partial charge is 0.234 e. The maximum Gasteiger partial charge on any atom is 0.234 e. The van der Waals surface area contributed by atoms with E-state index in [-0.39, 0.29) is 11.5 Å². The number of benzene rings is 2. The van der Waals surface area contributed by atoms with Crippen molar-refractivity contribution in [1.29, 1.82) is 0 Å². The molecule has 0 aliphatic carbocycles. The van der Waals surface area contributed by atoms with Gasteiger partial charge in [-0.1, -0.05) is 35.3 Å². The van der Waals surface area contributed by atoms with Gasteiger partial charge in [-0.25, -0.2) is 0 Å². The fourth-order valence-electron chi connectivity index (χ4n) is 3.51. The maximum absolute atomic E-state index is 12.4. The molecule has 3 rings (SSSR count). The molecule has 0 atom stereocenters. The first kappa shape index (κ1) is 23.7. The number of nitrogens with zero attached hydrogens (tertiary/aromatic N) is 1. The number of likely N-dealkylation sites (tertiary alicyclic amines) is 1. The summed E-state index contributed by atoms with van der Waals surface area (Å²) in [5.41, 5.74) is 0.646. The molecule has 2 aromatic carbocycles. The van der Waals surface area contributed by atoms with Crippen LogP contribution < -0.4 is 14.8 Å². The van der Waals surface area contributed by atoms with Gasteiger partial charge in [0.25, 0.3) is 0 Å². The van der Waals surface area contributed by atoms with Crippen LogP contribution in [-0.4, -0.2) is 56.9 Å². The average molecular weight is 467 g/mol. The van der Waals surface area contributed by atoms with Gasteiger partial charge in [0, 0.05) is 32.8 Å². The Hall–Kier alpha value is -1.99. The molecule has 1 aliphatic heterocycles. The zero-order valence-corrected chi connectivity index (χ0v) is 19.3. The summed E-state index contributed by atoms with van der Waals surface area (Å²) in [5, 5.41) is 3.93. The standard InChI is InChI=1S/C23H28Cl2N2O4/c1-29-18-5-3-17(4-6-18)14-26-22(28)15-27-11-9-23(30-2,10-12-27)16-31-19-7-8-20(24)21(25)13-19/h3-8,13H,9-12,14-16H2,1-2H3,(H,26,28). The number of rotatable bonds is 9.